The molecule has 0 saturated carbocycles. The first-order valence-electron chi connectivity index (χ1n) is 9.62. The molecule has 4 N–H and O–H groups in total. The first kappa shape index (κ1) is 23.5. The monoisotopic (exact) mass is 439 g/mol. The quantitative estimate of drug-likeness (QED) is 0.113. The third-order valence-electron chi connectivity index (χ3n) is 3.88. The van der Waals surface area contributed by atoms with Crippen molar-refractivity contribution in [1.82, 2.24) is 21.1 Å². The second kappa shape index (κ2) is 12.0. The van der Waals surface area contributed by atoms with Crippen molar-refractivity contribution >= 4 is 30.0 Å². The molecule has 0 aromatic carbocycles. The minimum absolute atomic E-state index is 0.0542. The molecule has 14 nitrogen and oxygen atoms in total. The average Bonchev–Trinajstić information content (AvgIpc) is 3.39. The number of carbonyl (C=O) groups is 2. The number of guanidine groups is 1. The Bertz CT molecular complexity index is 822. The number of hydrogen-bond acceptors (Lipinski definition) is 12. The van der Waals surface area contributed by atoms with E-state index >= 15 is 0 Å². The highest BCUT2D eigenvalue weighted by Crippen LogP contribution is 2.22. The predicted molar refractivity (Wildman–Crippen MR) is 106 cm³/mol. The maximum Gasteiger partial charge on any atom is 0.407 e. The molecule has 31 heavy (non-hydrogen) atoms. The van der Waals surface area contributed by atoms with Gasteiger partial charge in [0.1, 0.15) is 6.04 Å². The van der Waals surface area contributed by atoms with E-state index in [4.69, 9.17) is 14.0 Å². The van der Waals surface area contributed by atoms with Gasteiger partial charge in [0.25, 0.3) is 17.8 Å². The van der Waals surface area contributed by atoms with Gasteiger partial charge in [0.05, 0.1) is 25.8 Å². The number of amides is 1. The van der Waals surface area contributed by atoms with E-state index in [0.29, 0.717) is 18.9 Å². The fourth-order valence-electron chi connectivity index (χ4n) is 2.41. The number of anilines is 1. The Morgan fingerprint density at radius 3 is 2.97 bits per heavy atom. The maximum absolute atomic E-state index is 11.8. The van der Waals surface area contributed by atoms with Crippen LogP contribution in [0, 0.1) is 0 Å². The summed E-state index contributed by atoms with van der Waals surface area (Å²) in [7, 11) is 0. The number of hydrogen-bond donors (Lipinski definition) is 4. The Labute approximate surface area is 177 Å². The molecule has 1 aromatic heterocycles. The largest absolute Gasteiger partial charge is 0.480 e. The normalized spacial score (nSPS) is 14.3. The number of nitrogens with one attached hydrogen (secondary N) is 3. The number of aliphatic imine (C=N–C) groups is 1. The first-order chi connectivity index (χ1) is 14.9. The van der Waals surface area contributed by atoms with Crippen molar-refractivity contribution in [2.75, 3.05) is 31.3 Å². The molecule has 14 heteroatoms. The highest BCUT2D eigenvalue weighted by Gasteiger charge is 2.26. The van der Waals surface area contributed by atoms with Crippen molar-refractivity contribution in [2.45, 2.75) is 39.0 Å². The van der Waals surface area contributed by atoms with Gasteiger partial charge in [0.2, 0.25) is 0 Å². The molecule has 1 aromatic rings. The molecule has 2 unspecified atom stereocenters. The molecule has 0 fully saturated rings. The van der Waals surface area contributed by atoms with Crippen LogP contribution in [-0.2, 0) is 14.3 Å². The molecule has 2 atom stereocenters. The summed E-state index contributed by atoms with van der Waals surface area (Å²) in [6.45, 7) is 4.73. The molecule has 2 heterocycles. The van der Waals surface area contributed by atoms with Crippen LogP contribution >= 0.6 is 0 Å². The third-order valence-corrected chi connectivity index (χ3v) is 3.88. The van der Waals surface area contributed by atoms with Crippen LogP contribution in [0.3, 0.4) is 0 Å². The number of nitrogens with zero attached hydrogens (tertiary/aromatic N) is 4. The minimum atomic E-state index is -1.45. The highest BCUT2D eigenvalue weighted by atomic mass is 16.6. The molecule has 0 saturated heterocycles. The van der Waals surface area contributed by atoms with Crippen molar-refractivity contribution < 1.29 is 33.5 Å². The molecule has 1 aliphatic rings. The van der Waals surface area contributed by atoms with E-state index in [-0.39, 0.29) is 18.4 Å². The van der Waals surface area contributed by atoms with Crippen LogP contribution in [0.4, 0.5) is 10.7 Å². The molecule has 1 amide bonds. The molecular formula is C17H25N7O7. The summed E-state index contributed by atoms with van der Waals surface area (Å²) in [5.74, 6) is -0.811. The minimum Gasteiger partial charge on any atom is -0.480 e. The summed E-state index contributed by atoms with van der Waals surface area (Å²) in [5, 5.41) is 25.6. The number of carboxylic acids is 1. The number of hydrazone groups is 1. The van der Waals surface area contributed by atoms with Gasteiger partial charge in [0.15, 0.2) is 12.2 Å². The van der Waals surface area contributed by atoms with Gasteiger partial charge in [-0.25, -0.2) is 19.4 Å². The number of alkyl carbamates (subject to hydrolysis) is 1. The lowest BCUT2D eigenvalue weighted by molar-refractivity contribution is -0.139. The van der Waals surface area contributed by atoms with Gasteiger partial charge >= 0.3 is 12.1 Å². The van der Waals surface area contributed by atoms with Crippen LogP contribution in [0.5, 0.6) is 5.88 Å². The summed E-state index contributed by atoms with van der Waals surface area (Å²) in [6.07, 6.45) is 1.34. The smallest absolute Gasteiger partial charge is 0.407 e. The summed E-state index contributed by atoms with van der Waals surface area (Å²) in [5.41, 5.74) is 0. The van der Waals surface area contributed by atoms with E-state index in [0.717, 1.165) is 18.0 Å². The topological polar surface area (TPSA) is 180 Å². The standard InChI is InChI=1S/C17H25N7O7/c1-3-4-7-29-17(28)22-12(15(26)27)9-24(20-10-25)14-8-13(23-31-14)30-11(2)21-16-18-5-6-19-16/h8,11-12H,3-7,9H2,1-2H3,(H,22,28)(H,26,27)(H2,18,19,21). The summed E-state index contributed by atoms with van der Waals surface area (Å²) in [4.78, 5) is 38.3. The zero-order chi connectivity index (χ0) is 22.6. The number of carboxylic acid groups (broad SMARTS) is 1. The number of isocyanates is 1. The van der Waals surface area contributed by atoms with Crippen LogP contribution in [-0.4, -0.2) is 72.9 Å². The lowest BCUT2D eigenvalue weighted by atomic mass is 10.3. The van der Waals surface area contributed by atoms with Crippen molar-refractivity contribution in [3.8, 4) is 5.88 Å². The summed E-state index contributed by atoms with van der Waals surface area (Å²) >= 11 is 0. The van der Waals surface area contributed by atoms with Crippen LogP contribution in [0.25, 0.3) is 0 Å². The second-order valence-electron chi connectivity index (χ2n) is 6.36. The predicted octanol–water partition coefficient (Wildman–Crippen LogP) is -0.0151. The molecule has 170 valence electrons. The van der Waals surface area contributed by atoms with E-state index in [1.165, 1.54) is 12.1 Å². The van der Waals surface area contributed by atoms with Crippen molar-refractivity contribution in [3.63, 3.8) is 0 Å². The third kappa shape index (κ3) is 7.85. The molecular weight excluding hydrogens is 414 g/mol. The molecule has 0 spiro atoms. The van der Waals surface area contributed by atoms with Gasteiger partial charge in [0, 0.05) is 6.54 Å². The van der Waals surface area contributed by atoms with Crippen LogP contribution in [0.15, 0.2) is 20.7 Å². The Hall–Kier alpha value is -3.80. The SMILES string of the molecule is CCCCOC(=O)NC(CN(N=C=O)c1cc(OC(C)NC2=NCCN2)no1)C(=O)O. The van der Waals surface area contributed by atoms with Crippen molar-refractivity contribution in [2.24, 2.45) is 10.1 Å². The number of aliphatic carboxylic acids is 1. The fourth-order valence-corrected chi connectivity index (χ4v) is 2.41. The number of unbranched alkanes of at least 4 members (excludes halogenated alkanes) is 1. The highest BCUT2D eigenvalue weighted by molar-refractivity contribution is 5.81. The van der Waals surface area contributed by atoms with E-state index in [1.54, 1.807) is 6.92 Å². The van der Waals surface area contributed by atoms with Crippen LogP contribution in [0.1, 0.15) is 26.7 Å². The van der Waals surface area contributed by atoms with E-state index in [1.807, 2.05) is 6.92 Å². The van der Waals surface area contributed by atoms with Crippen molar-refractivity contribution in [1.29, 1.82) is 0 Å². The lowest BCUT2D eigenvalue weighted by Gasteiger charge is -2.19. The number of ether oxygens (including phenoxy) is 2. The van der Waals surface area contributed by atoms with Crippen LogP contribution in [0.2, 0.25) is 0 Å². The van der Waals surface area contributed by atoms with Gasteiger partial charge < -0.3 is 35.1 Å². The Balaban J connectivity index is 1.99. The summed E-state index contributed by atoms with van der Waals surface area (Å²) in [6, 6.07) is -0.144. The van der Waals surface area contributed by atoms with E-state index in [9.17, 15) is 19.5 Å². The Morgan fingerprint density at radius 1 is 1.52 bits per heavy atom. The Morgan fingerprint density at radius 2 is 2.32 bits per heavy atom. The average molecular weight is 439 g/mol. The molecule has 0 bridgehead atoms. The Kier molecular flexibility index (Phi) is 9.11. The number of carbonyl (C=O) groups excluding carboxylic acids is 2. The number of rotatable bonds is 12. The second-order valence-corrected chi connectivity index (χ2v) is 6.36. The summed E-state index contributed by atoms with van der Waals surface area (Å²) < 4.78 is 15.5. The molecule has 1 aliphatic heterocycles. The van der Waals surface area contributed by atoms with Crippen molar-refractivity contribution in [3.05, 3.63) is 6.07 Å². The maximum atomic E-state index is 11.8. The van der Waals surface area contributed by atoms with Gasteiger partial charge in [-0.3, -0.25) is 4.99 Å². The zero-order valence-electron chi connectivity index (χ0n) is 17.2. The van der Waals surface area contributed by atoms with Crippen LogP contribution < -0.4 is 25.7 Å². The number of aromatic nitrogens is 1. The zero-order valence-corrected chi connectivity index (χ0v) is 17.2. The van der Waals surface area contributed by atoms with Gasteiger partial charge in [-0.2, -0.15) is 0 Å². The van der Waals surface area contributed by atoms with E-state index in [2.05, 4.69) is 31.2 Å². The first-order valence-corrected chi connectivity index (χ1v) is 9.62. The van der Waals surface area contributed by atoms with E-state index < -0.39 is 30.9 Å². The molecule has 0 aliphatic carbocycles. The molecule has 2 rings (SSSR count). The van der Waals surface area contributed by atoms with Gasteiger partial charge in [-0.05, 0) is 18.5 Å². The molecule has 0 radical (unpaired) electrons. The lowest BCUT2D eigenvalue weighted by Crippen LogP contribution is -2.47. The van der Waals surface area contributed by atoms with Gasteiger partial charge in [-0.15, -0.1) is 0 Å². The fraction of sp³-hybridized carbons (Fsp3) is 0.588. The van der Waals surface area contributed by atoms with Gasteiger partial charge in [-0.1, -0.05) is 18.4 Å².